The van der Waals surface area contributed by atoms with Crippen LogP contribution in [0.25, 0.3) is 0 Å². The summed E-state index contributed by atoms with van der Waals surface area (Å²) < 4.78 is 7.15. The molecule has 2 N–H and O–H groups in total. The summed E-state index contributed by atoms with van der Waals surface area (Å²) in [7, 11) is 0. The van der Waals surface area contributed by atoms with E-state index < -0.39 is 0 Å². The molecule has 2 amide bonds. The number of hydrogen-bond donors (Lipinski definition) is 2. The molecule has 33 heavy (non-hydrogen) atoms. The number of rotatable bonds is 5. The first-order chi connectivity index (χ1) is 16.0. The van der Waals surface area contributed by atoms with Gasteiger partial charge in [0.25, 0.3) is 0 Å². The molecule has 0 atom stereocenters. The predicted octanol–water partition coefficient (Wildman–Crippen LogP) is 4.45. The summed E-state index contributed by atoms with van der Waals surface area (Å²) in [6, 6.07) is 13.0. The number of carbonyl (C=O) groups excluding carboxylic acids is 1. The van der Waals surface area contributed by atoms with Crippen molar-refractivity contribution in [3.8, 4) is 11.8 Å². The Morgan fingerprint density at radius 1 is 1.18 bits per heavy atom. The van der Waals surface area contributed by atoms with E-state index in [2.05, 4.69) is 43.6 Å². The summed E-state index contributed by atoms with van der Waals surface area (Å²) in [4.78, 5) is 16.8. The second-order valence-corrected chi connectivity index (χ2v) is 9.66. The van der Waals surface area contributed by atoms with Gasteiger partial charge in [-0.2, -0.15) is 5.26 Å². The lowest BCUT2D eigenvalue weighted by molar-refractivity contribution is 0.142. The summed E-state index contributed by atoms with van der Waals surface area (Å²) in [6.45, 7) is 5.68. The smallest absolute Gasteiger partial charge is 0.321 e. The number of ether oxygens (including phenoxy) is 1. The van der Waals surface area contributed by atoms with Gasteiger partial charge in [0.15, 0.2) is 0 Å². The molecule has 2 aromatic rings. The number of anilines is 1. The highest BCUT2D eigenvalue weighted by Gasteiger charge is 2.22. The van der Waals surface area contributed by atoms with E-state index in [9.17, 15) is 4.79 Å². The fourth-order valence-electron chi connectivity index (χ4n) is 4.13. The SMILES string of the molecule is N#Cc1cc(Cl)cc(NC(=O)N2CCN(Cc3ccc(OC4CCNCC4)c(Br)c3)CC2)c1. The minimum absolute atomic E-state index is 0.178. The van der Waals surface area contributed by atoms with E-state index in [1.165, 1.54) is 5.56 Å². The van der Waals surface area contributed by atoms with Gasteiger partial charge in [-0.1, -0.05) is 17.7 Å². The van der Waals surface area contributed by atoms with E-state index in [4.69, 9.17) is 21.6 Å². The van der Waals surface area contributed by atoms with Gasteiger partial charge in [0.2, 0.25) is 0 Å². The normalized spacial score (nSPS) is 17.4. The third kappa shape index (κ3) is 6.61. The number of hydrogen-bond acceptors (Lipinski definition) is 5. The molecule has 0 aliphatic carbocycles. The number of halogens is 2. The molecule has 2 aliphatic heterocycles. The van der Waals surface area contributed by atoms with Crippen molar-refractivity contribution in [1.29, 1.82) is 5.26 Å². The van der Waals surface area contributed by atoms with Gasteiger partial charge >= 0.3 is 6.03 Å². The Kier molecular flexibility index (Phi) is 8.10. The molecule has 0 saturated carbocycles. The van der Waals surface area contributed by atoms with Crippen LogP contribution in [0.3, 0.4) is 0 Å². The average molecular weight is 533 g/mol. The number of carbonyl (C=O) groups is 1. The average Bonchev–Trinajstić information content (AvgIpc) is 2.81. The van der Waals surface area contributed by atoms with Gasteiger partial charge < -0.3 is 20.3 Å². The van der Waals surface area contributed by atoms with Crippen molar-refractivity contribution in [2.75, 3.05) is 44.6 Å². The molecule has 2 aromatic carbocycles. The fourth-order valence-corrected chi connectivity index (χ4v) is 4.88. The molecular formula is C24H27BrClN5O2. The number of benzene rings is 2. The maximum Gasteiger partial charge on any atom is 0.321 e. The molecule has 0 unspecified atom stereocenters. The summed E-state index contributed by atoms with van der Waals surface area (Å²) in [5.74, 6) is 0.896. The number of urea groups is 1. The van der Waals surface area contributed by atoms with Gasteiger partial charge in [-0.25, -0.2) is 4.79 Å². The van der Waals surface area contributed by atoms with Gasteiger partial charge in [-0.3, -0.25) is 4.90 Å². The summed E-state index contributed by atoms with van der Waals surface area (Å²) in [5, 5.41) is 15.7. The minimum atomic E-state index is -0.178. The molecule has 0 bridgehead atoms. The number of nitrogens with one attached hydrogen (secondary N) is 2. The highest BCUT2D eigenvalue weighted by molar-refractivity contribution is 9.10. The van der Waals surface area contributed by atoms with Crippen molar-refractivity contribution in [3.63, 3.8) is 0 Å². The van der Waals surface area contributed by atoms with Gasteiger partial charge in [-0.15, -0.1) is 0 Å². The number of amides is 2. The van der Waals surface area contributed by atoms with Crippen LogP contribution < -0.4 is 15.4 Å². The van der Waals surface area contributed by atoms with E-state index in [1.54, 1.807) is 23.1 Å². The largest absolute Gasteiger partial charge is 0.489 e. The molecule has 0 spiro atoms. The molecule has 2 heterocycles. The highest BCUT2D eigenvalue weighted by Crippen LogP contribution is 2.29. The highest BCUT2D eigenvalue weighted by atomic mass is 79.9. The van der Waals surface area contributed by atoms with Crippen molar-refractivity contribution >= 4 is 39.2 Å². The van der Waals surface area contributed by atoms with E-state index in [0.29, 0.717) is 29.4 Å². The van der Waals surface area contributed by atoms with E-state index >= 15 is 0 Å². The third-order valence-electron chi connectivity index (χ3n) is 5.92. The van der Waals surface area contributed by atoms with Crippen LogP contribution in [0.1, 0.15) is 24.0 Å². The Morgan fingerprint density at radius 3 is 2.64 bits per heavy atom. The first-order valence-corrected chi connectivity index (χ1v) is 12.3. The van der Waals surface area contributed by atoms with Crippen molar-refractivity contribution < 1.29 is 9.53 Å². The van der Waals surface area contributed by atoms with E-state index in [1.807, 2.05) is 12.1 Å². The van der Waals surface area contributed by atoms with Crippen molar-refractivity contribution in [1.82, 2.24) is 15.1 Å². The monoisotopic (exact) mass is 531 g/mol. The Labute approximate surface area is 207 Å². The lowest BCUT2D eigenvalue weighted by Gasteiger charge is -2.34. The second-order valence-electron chi connectivity index (χ2n) is 8.37. The molecule has 7 nitrogen and oxygen atoms in total. The van der Waals surface area contributed by atoms with Crippen LogP contribution in [0, 0.1) is 11.3 Å². The van der Waals surface area contributed by atoms with Crippen LogP contribution in [0.2, 0.25) is 5.02 Å². The Bertz CT molecular complexity index is 1030. The minimum Gasteiger partial charge on any atom is -0.489 e. The Hall–Kier alpha value is -2.31. The molecule has 0 radical (unpaired) electrons. The summed E-state index contributed by atoms with van der Waals surface area (Å²) in [6.07, 6.45) is 2.33. The number of nitrogens with zero attached hydrogens (tertiary/aromatic N) is 3. The summed E-state index contributed by atoms with van der Waals surface area (Å²) in [5.41, 5.74) is 2.16. The molecule has 2 aliphatic rings. The first kappa shape index (κ1) is 23.8. The third-order valence-corrected chi connectivity index (χ3v) is 6.76. The maximum atomic E-state index is 12.6. The Balaban J connectivity index is 1.27. The molecule has 0 aromatic heterocycles. The molecule has 174 valence electrons. The molecule has 9 heteroatoms. The molecule has 4 rings (SSSR count). The Morgan fingerprint density at radius 2 is 1.94 bits per heavy atom. The molecule has 2 fully saturated rings. The van der Waals surface area contributed by atoms with Crippen molar-refractivity contribution in [3.05, 3.63) is 57.0 Å². The zero-order valence-corrected chi connectivity index (χ0v) is 20.7. The van der Waals surface area contributed by atoms with Crippen LogP contribution in [-0.4, -0.2) is 61.2 Å². The number of piperazine rings is 1. The van der Waals surface area contributed by atoms with Crippen LogP contribution in [0.15, 0.2) is 40.9 Å². The predicted molar refractivity (Wildman–Crippen MR) is 133 cm³/mol. The zero-order chi connectivity index (χ0) is 23.2. The topological polar surface area (TPSA) is 80.6 Å². The van der Waals surface area contributed by atoms with Gasteiger partial charge in [-0.05, 0) is 77.8 Å². The summed E-state index contributed by atoms with van der Waals surface area (Å²) >= 11 is 9.69. The maximum absolute atomic E-state index is 12.6. The fraction of sp³-hybridized carbons (Fsp3) is 0.417. The van der Waals surface area contributed by atoms with Gasteiger partial charge in [0.1, 0.15) is 11.9 Å². The van der Waals surface area contributed by atoms with E-state index in [-0.39, 0.29) is 12.1 Å². The van der Waals surface area contributed by atoms with Crippen LogP contribution >= 0.6 is 27.5 Å². The van der Waals surface area contributed by atoms with Crippen molar-refractivity contribution in [2.24, 2.45) is 0 Å². The second kappa shape index (κ2) is 11.2. The molecular weight excluding hydrogens is 506 g/mol. The number of nitriles is 1. The van der Waals surface area contributed by atoms with Crippen LogP contribution in [0.5, 0.6) is 5.75 Å². The zero-order valence-electron chi connectivity index (χ0n) is 18.3. The quantitative estimate of drug-likeness (QED) is 0.595. The first-order valence-electron chi connectivity index (χ1n) is 11.1. The van der Waals surface area contributed by atoms with Gasteiger partial charge in [0, 0.05) is 43.4 Å². The van der Waals surface area contributed by atoms with E-state index in [0.717, 1.165) is 55.8 Å². The van der Waals surface area contributed by atoms with Crippen LogP contribution in [-0.2, 0) is 6.54 Å². The lowest BCUT2D eigenvalue weighted by Crippen LogP contribution is -2.49. The molecule has 2 saturated heterocycles. The lowest BCUT2D eigenvalue weighted by atomic mass is 10.1. The van der Waals surface area contributed by atoms with Crippen molar-refractivity contribution in [2.45, 2.75) is 25.5 Å². The standard InChI is InChI=1S/C24H27BrClN5O2/c25-22-13-17(1-2-23(22)33-21-3-5-28-6-4-21)16-30-7-9-31(10-8-30)24(32)29-20-12-18(15-27)11-19(26)14-20/h1-2,11-14,21,28H,3-10,16H2,(H,29,32). The van der Waals surface area contributed by atoms with Crippen LogP contribution in [0.4, 0.5) is 10.5 Å². The van der Waals surface area contributed by atoms with Gasteiger partial charge in [0.05, 0.1) is 16.1 Å². The number of piperidine rings is 1.